The number of carbonyl (C=O) groups is 1. The van der Waals surface area contributed by atoms with E-state index in [1.165, 1.54) is 24.3 Å². The SMILES string of the molecule is O=C(NC(c1ccccc1)c1cccc[nH+]1)c1ccc([N+](=O)[O-])cc1. The zero-order valence-electron chi connectivity index (χ0n) is 13.3. The van der Waals surface area contributed by atoms with Crippen LogP contribution in [-0.2, 0) is 0 Å². The van der Waals surface area contributed by atoms with Crippen LogP contribution in [0.5, 0.6) is 0 Å². The Hall–Kier alpha value is -3.54. The lowest BCUT2D eigenvalue weighted by atomic mass is 10.0. The average Bonchev–Trinajstić information content (AvgIpc) is 2.67. The van der Waals surface area contributed by atoms with Gasteiger partial charge in [0.1, 0.15) is 6.04 Å². The third-order valence-electron chi connectivity index (χ3n) is 3.79. The Balaban J connectivity index is 1.87. The fourth-order valence-electron chi connectivity index (χ4n) is 2.52. The molecule has 3 aromatic rings. The lowest BCUT2D eigenvalue weighted by Gasteiger charge is -2.15. The van der Waals surface area contributed by atoms with E-state index in [1.54, 1.807) is 6.20 Å². The van der Waals surface area contributed by atoms with Crippen LogP contribution in [0.4, 0.5) is 5.69 Å². The molecule has 0 aliphatic rings. The number of aromatic amines is 1. The number of carbonyl (C=O) groups excluding carboxylic acids is 1. The molecule has 124 valence electrons. The van der Waals surface area contributed by atoms with Crippen LogP contribution in [0.2, 0.25) is 0 Å². The summed E-state index contributed by atoms with van der Waals surface area (Å²) in [7, 11) is 0. The average molecular weight is 334 g/mol. The van der Waals surface area contributed by atoms with Crippen LogP contribution in [0, 0.1) is 10.1 Å². The second-order valence-corrected chi connectivity index (χ2v) is 5.44. The molecule has 1 atom stereocenters. The molecule has 1 unspecified atom stereocenters. The normalized spacial score (nSPS) is 11.5. The lowest BCUT2D eigenvalue weighted by molar-refractivity contribution is -0.392. The van der Waals surface area contributed by atoms with E-state index in [0.717, 1.165) is 11.3 Å². The molecule has 0 saturated heterocycles. The molecule has 6 nitrogen and oxygen atoms in total. The first-order valence-electron chi connectivity index (χ1n) is 7.72. The van der Waals surface area contributed by atoms with E-state index in [0.29, 0.717) is 5.56 Å². The van der Waals surface area contributed by atoms with E-state index in [1.807, 2.05) is 48.5 Å². The van der Waals surface area contributed by atoms with E-state index in [-0.39, 0.29) is 17.6 Å². The highest BCUT2D eigenvalue weighted by Crippen LogP contribution is 2.20. The summed E-state index contributed by atoms with van der Waals surface area (Å²) in [5, 5.41) is 13.7. The van der Waals surface area contributed by atoms with E-state index in [2.05, 4.69) is 10.3 Å². The number of nitrogens with zero attached hydrogens (tertiary/aromatic N) is 1. The Morgan fingerprint density at radius 3 is 2.24 bits per heavy atom. The number of non-ortho nitro benzene ring substituents is 1. The van der Waals surface area contributed by atoms with Gasteiger partial charge in [-0.25, -0.2) is 4.98 Å². The second-order valence-electron chi connectivity index (χ2n) is 5.44. The van der Waals surface area contributed by atoms with E-state index >= 15 is 0 Å². The minimum Gasteiger partial charge on any atom is -0.335 e. The van der Waals surface area contributed by atoms with Crippen molar-refractivity contribution in [2.24, 2.45) is 0 Å². The van der Waals surface area contributed by atoms with Crippen LogP contribution in [0.15, 0.2) is 79.0 Å². The van der Waals surface area contributed by atoms with Crippen LogP contribution in [-0.4, -0.2) is 10.8 Å². The predicted molar refractivity (Wildman–Crippen MR) is 91.8 cm³/mol. The number of hydrogen-bond donors (Lipinski definition) is 1. The van der Waals surface area contributed by atoms with Crippen molar-refractivity contribution < 1.29 is 14.7 Å². The van der Waals surface area contributed by atoms with Gasteiger partial charge in [0.25, 0.3) is 11.6 Å². The van der Waals surface area contributed by atoms with Crippen LogP contribution >= 0.6 is 0 Å². The van der Waals surface area contributed by atoms with Gasteiger partial charge in [-0.05, 0) is 17.7 Å². The molecule has 6 heteroatoms. The van der Waals surface area contributed by atoms with Gasteiger partial charge in [-0.1, -0.05) is 36.4 Å². The number of benzene rings is 2. The molecule has 2 aromatic carbocycles. The number of nitro groups is 1. The van der Waals surface area contributed by atoms with Crippen molar-refractivity contribution in [3.8, 4) is 0 Å². The number of nitro benzene ring substituents is 1. The fourth-order valence-corrected chi connectivity index (χ4v) is 2.52. The summed E-state index contributed by atoms with van der Waals surface area (Å²) in [6.07, 6.45) is 1.79. The van der Waals surface area contributed by atoms with Crippen LogP contribution < -0.4 is 10.3 Å². The minimum atomic E-state index is -0.493. The van der Waals surface area contributed by atoms with Gasteiger partial charge in [-0.2, -0.15) is 0 Å². The summed E-state index contributed by atoms with van der Waals surface area (Å²) in [5.41, 5.74) is 2.08. The number of amides is 1. The maximum Gasteiger partial charge on any atom is 0.269 e. The molecule has 1 aromatic heterocycles. The van der Waals surface area contributed by atoms with Crippen LogP contribution in [0.3, 0.4) is 0 Å². The molecule has 1 amide bonds. The number of H-pyrrole nitrogens is 1. The summed E-state index contributed by atoms with van der Waals surface area (Å²) in [5.74, 6) is -0.305. The monoisotopic (exact) mass is 334 g/mol. The van der Waals surface area contributed by atoms with Crippen molar-refractivity contribution in [2.75, 3.05) is 0 Å². The van der Waals surface area contributed by atoms with E-state index in [4.69, 9.17) is 0 Å². The quantitative estimate of drug-likeness (QED) is 0.575. The summed E-state index contributed by atoms with van der Waals surface area (Å²) in [4.78, 5) is 26.0. The Bertz CT molecular complexity index is 826. The zero-order valence-corrected chi connectivity index (χ0v) is 13.3. The highest BCUT2D eigenvalue weighted by atomic mass is 16.6. The molecular weight excluding hydrogens is 318 g/mol. The van der Waals surface area contributed by atoms with Gasteiger partial charge in [0, 0.05) is 29.8 Å². The molecule has 25 heavy (non-hydrogen) atoms. The highest BCUT2D eigenvalue weighted by Gasteiger charge is 2.22. The molecule has 2 N–H and O–H groups in total. The highest BCUT2D eigenvalue weighted by molar-refractivity contribution is 5.94. The van der Waals surface area contributed by atoms with Crippen molar-refractivity contribution in [3.05, 3.63) is 106 Å². The Kier molecular flexibility index (Phi) is 4.80. The van der Waals surface area contributed by atoms with Gasteiger partial charge in [-0.15, -0.1) is 0 Å². The first-order chi connectivity index (χ1) is 12.1. The first kappa shape index (κ1) is 16.3. The Labute approximate surface area is 144 Å². The molecule has 0 fully saturated rings. The van der Waals surface area contributed by atoms with E-state index < -0.39 is 4.92 Å². The molecular formula is C19H16N3O3+. The Morgan fingerprint density at radius 1 is 0.960 bits per heavy atom. The first-order valence-corrected chi connectivity index (χ1v) is 7.72. The molecule has 0 saturated carbocycles. The number of nitrogens with one attached hydrogen (secondary N) is 2. The number of rotatable bonds is 5. The number of aromatic nitrogens is 1. The van der Waals surface area contributed by atoms with Crippen molar-refractivity contribution in [1.82, 2.24) is 5.32 Å². The summed E-state index contributed by atoms with van der Waals surface area (Å²) < 4.78 is 0. The smallest absolute Gasteiger partial charge is 0.269 e. The summed E-state index contributed by atoms with van der Waals surface area (Å²) in [6.45, 7) is 0. The van der Waals surface area contributed by atoms with E-state index in [9.17, 15) is 14.9 Å². The third-order valence-corrected chi connectivity index (χ3v) is 3.79. The standard InChI is InChI=1S/C19H15N3O3/c23-19(15-9-11-16(12-10-15)22(24)25)21-18(14-6-2-1-3-7-14)17-8-4-5-13-20-17/h1-13,18H,(H,21,23)/p+1. The Morgan fingerprint density at radius 2 is 1.64 bits per heavy atom. The molecule has 3 rings (SSSR count). The topological polar surface area (TPSA) is 86.4 Å². The lowest BCUT2D eigenvalue weighted by Crippen LogP contribution is -2.32. The number of pyridine rings is 1. The summed E-state index contributed by atoms with van der Waals surface area (Å²) >= 11 is 0. The molecule has 0 aliphatic carbocycles. The fraction of sp³-hybridized carbons (Fsp3) is 0.0526. The van der Waals surface area contributed by atoms with Crippen molar-refractivity contribution >= 4 is 11.6 Å². The molecule has 0 spiro atoms. The van der Waals surface area contributed by atoms with Gasteiger partial charge in [0.2, 0.25) is 5.69 Å². The third kappa shape index (κ3) is 3.87. The van der Waals surface area contributed by atoms with Crippen molar-refractivity contribution in [1.29, 1.82) is 0 Å². The predicted octanol–water partition coefficient (Wildman–Crippen LogP) is 2.93. The minimum absolute atomic E-state index is 0.0486. The van der Waals surface area contributed by atoms with Crippen LogP contribution in [0.25, 0.3) is 0 Å². The van der Waals surface area contributed by atoms with Gasteiger partial charge in [-0.3, -0.25) is 14.9 Å². The van der Waals surface area contributed by atoms with Gasteiger partial charge >= 0.3 is 0 Å². The van der Waals surface area contributed by atoms with Gasteiger partial charge < -0.3 is 5.32 Å². The number of hydrogen-bond acceptors (Lipinski definition) is 3. The van der Waals surface area contributed by atoms with Gasteiger partial charge in [0.15, 0.2) is 6.20 Å². The largest absolute Gasteiger partial charge is 0.335 e. The van der Waals surface area contributed by atoms with Crippen molar-refractivity contribution in [3.63, 3.8) is 0 Å². The molecule has 0 radical (unpaired) electrons. The zero-order chi connectivity index (χ0) is 17.6. The van der Waals surface area contributed by atoms with Crippen LogP contribution in [0.1, 0.15) is 27.7 Å². The maximum absolute atomic E-state index is 12.6. The molecule has 0 aliphatic heterocycles. The molecule has 1 heterocycles. The second kappa shape index (κ2) is 7.35. The van der Waals surface area contributed by atoms with Gasteiger partial charge in [0.05, 0.1) is 4.92 Å². The molecule has 0 bridgehead atoms. The van der Waals surface area contributed by atoms with Crippen molar-refractivity contribution in [2.45, 2.75) is 6.04 Å². The summed E-state index contributed by atoms with van der Waals surface area (Å²) in [6, 6.07) is 20.4. The maximum atomic E-state index is 12.6.